The highest BCUT2D eigenvalue weighted by Crippen LogP contribution is 2.44. The van der Waals surface area contributed by atoms with Crippen LogP contribution < -0.4 is 11.1 Å². The highest BCUT2D eigenvalue weighted by atomic mass is 19.1. The SMILES string of the molecule is CC(C)(C)OC(=O)NC1CCN(C2CC(c3ccc(F)cc3)C(c3ncc(-c4ccc(N)cc4)[nH]3)N(OC(=O)c3ccccc3)C2)CC1. The minimum absolute atomic E-state index is 0.00206. The van der Waals surface area contributed by atoms with Gasteiger partial charge in [0.1, 0.15) is 23.3 Å². The Morgan fingerprint density at radius 1 is 0.979 bits per heavy atom. The summed E-state index contributed by atoms with van der Waals surface area (Å²) >= 11 is 0. The van der Waals surface area contributed by atoms with E-state index >= 15 is 0 Å². The van der Waals surface area contributed by atoms with Crippen molar-refractivity contribution >= 4 is 17.7 Å². The predicted molar refractivity (Wildman–Crippen MR) is 181 cm³/mol. The van der Waals surface area contributed by atoms with Crippen LogP contribution in [0.5, 0.6) is 0 Å². The largest absolute Gasteiger partial charge is 0.444 e. The molecule has 0 radical (unpaired) electrons. The van der Waals surface area contributed by atoms with E-state index in [0.717, 1.165) is 49.2 Å². The normalized spacial score (nSPS) is 21.0. The minimum atomic E-state index is -0.566. The number of ether oxygens (including phenoxy) is 1. The number of carbonyl (C=O) groups excluding carboxylic acids is 2. The van der Waals surface area contributed by atoms with Gasteiger partial charge in [-0.05, 0) is 87.6 Å². The van der Waals surface area contributed by atoms with Crippen molar-refractivity contribution in [3.8, 4) is 11.3 Å². The summed E-state index contributed by atoms with van der Waals surface area (Å²) in [4.78, 5) is 42.9. The van der Waals surface area contributed by atoms with E-state index in [2.05, 4.69) is 15.2 Å². The van der Waals surface area contributed by atoms with E-state index in [0.29, 0.717) is 23.6 Å². The van der Waals surface area contributed by atoms with Crippen molar-refractivity contribution in [1.82, 2.24) is 25.2 Å². The third-order valence-electron chi connectivity index (χ3n) is 8.98. The molecule has 0 bridgehead atoms. The number of benzene rings is 3. The van der Waals surface area contributed by atoms with Crippen molar-refractivity contribution in [1.29, 1.82) is 0 Å². The number of nitrogens with two attached hydrogens (primary N) is 1. The van der Waals surface area contributed by atoms with Crippen molar-refractivity contribution in [2.45, 2.75) is 69.7 Å². The maximum Gasteiger partial charge on any atom is 0.407 e. The van der Waals surface area contributed by atoms with E-state index in [1.54, 1.807) is 47.7 Å². The molecular weight excluding hydrogens is 611 g/mol. The third-order valence-corrected chi connectivity index (χ3v) is 8.98. The Kier molecular flexibility index (Phi) is 9.79. The number of aromatic nitrogens is 2. The second-order valence-electron chi connectivity index (χ2n) is 13.6. The Morgan fingerprint density at radius 3 is 2.33 bits per heavy atom. The Bertz CT molecular complexity index is 1680. The maximum atomic E-state index is 14.2. The molecule has 2 saturated heterocycles. The van der Waals surface area contributed by atoms with E-state index in [9.17, 15) is 14.0 Å². The first-order chi connectivity index (χ1) is 23.0. The Hall–Kier alpha value is -4.74. The number of rotatable bonds is 7. The number of alkyl carbamates (subject to hydrolysis) is 1. The summed E-state index contributed by atoms with van der Waals surface area (Å²) in [6.45, 7) is 7.47. The smallest absolute Gasteiger partial charge is 0.407 e. The number of piperidine rings is 2. The Balaban J connectivity index is 1.29. The number of amides is 1. The van der Waals surface area contributed by atoms with E-state index in [1.165, 1.54) is 12.1 Å². The number of nitrogens with one attached hydrogen (secondary N) is 2. The molecule has 0 spiro atoms. The number of likely N-dealkylation sites (tertiary alicyclic amines) is 1. The molecule has 3 atom stereocenters. The summed E-state index contributed by atoms with van der Waals surface area (Å²) in [6, 6.07) is 22.5. The van der Waals surface area contributed by atoms with Crippen LogP contribution in [0, 0.1) is 5.82 Å². The highest BCUT2D eigenvalue weighted by Gasteiger charge is 2.44. The summed E-state index contributed by atoms with van der Waals surface area (Å²) in [5.74, 6) is -0.352. The zero-order chi connectivity index (χ0) is 33.8. The van der Waals surface area contributed by atoms with Gasteiger partial charge in [-0.15, -0.1) is 5.06 Å². The number of anilines is 1. The van der Waals surface area contributed by atoms with Gasteiger partial charge in [-0.2, -0.15) is 0 Å². The van der Waals surface area contributed by atoms with Gasteiger partial charge in [-0.3, -0.25) is 4.90 Å². The maximum absolute atomic E-state index is 14.2. The van der Waals surface area contributed by atoms with E-state index < -0.39 is 23.7 Å². The van der Waals surface area contributed by atoms with Gasteiger partial charge in [0.25, 0.3) is 0 Å². The second-order valence-corrected chi connectivity index (χ2v) is 13.6. The standard InChI is InChI=1S/C37H43FN6O4/c1-37(2,3)47-36(46)41-29-17-19-43(20-18-29)30-21-31(24-9-13-27(38)14-10-24)33(44(23-30)48-35(45)26-7-5-4-6-8-26)34-40-22-32(42-34)25-11-15-28(39)16-12-25/h4-16,22,29-31,33H,17-21,23,39H2,1-3H3,(H,40,42)(H,41,46). The Morgan fingerprint density at radius 2 is 1.67 bits per heavy atom. The van der Waals surface area contributed by atoms with Crippen LogP contribution in [0.3, 0.4) is 0 Å². The molecule has 3 aromatic carbocycles. The molecule has 0 saturated carbocycles. The average Bonchev–Trinajstić information content (AvgIpc) is 3.55. The first kappa shape index (κ1) is 33.2. The van der Waals surface area contributed by atoms with Gasteiger partial charge in [0.15, 0.2) is 0 Å². The molecular formula is C37H43FN6O4. The number of hydroxylamine groups is 2. The molecule has 6 rings (SSSR count). The monoisotopic (exact) mass is 654 g/mol. The Labute approximate surface area is 280 Å². The number of H-pyrrole nitrogens is 1. The topological polar surface area (TPSA) is 126 Å². The molecule has 48 heavy (non-hydrogen) atoms. The lowest BCUT2D eigenvalue weighted by Crippen LogP contribution is -2.55. The van der Waals surface area contributed by atoms with Crippen LogP contribution in [-0.2, 0) is 9.57 Å². The summed E-state index contributed by atoms with van der Waals surface area (Å²) in [6.07, 6.45) is 3.60. The number of halogens is 1. The van der Waals surface area contributed by atoms with Crippen molar-refractivity contribution in [3.05, 3.63) is 108 Å². The van der Waals surface area contributed by atoms with Gasteiger partial charge < -0.3 is 25.6 Å². The highest BCUT2D eigenvalue weighted by molar-refractivity contribution is 5.89. The van der Waals surface area contributed by atoms with Crippen molar-refractivity contribution in [3.63, 3.8) is 0 Å². The third kappa shape index (κ3) is 8.03. The second kappa shape index (κ2) is 14.2. The van der Waals surface area contributed by atoms with Crippen molar-refractivity contribution < 1.29 is 23.6 Å². The molecule has 0 aliphatic carbocycles. The molecule has 11 heteroatoms. The van der Waals surface area contributed by atoms with Crippen LogP contribution in [0.25, 0.3) is 11.3 Å². The molecule has 2 aliphatic heterocycles. The summed E-state index contributed by atoms with van der Waals surface area (Å²) < 4.78 is 19.6. The lowest BCUT2D eigenvalue weighted by Gasteiger charge is -2.47. The molecule has 4 N–H and O–H groups in total. The number of nitrogens with zero attached hydrogens (tertiary/aromatic N) is 3. The van der Waals surface area contributed by atoms with E-state index in [4.69, 9.17) is 20.3 Å². The summed E-state index contributed by atoms with van der Waals surface area (Å²) in [5, 5.41) is 4.76. The summed E-state index contributed by atoms with van der Waals surface area (Å²) in [5.41, 5.74) is 9.10. The first-order valence-corrected chi connectivity index (χ1v) is 16.5. The van der Waals surface area contributed by atoms with Crippen LogP contribution in [-0.4, -0.2) is 69.3 Å². The number of imidazole rings is 1. The average molecular weight is 655 g/mol. The van der Waals surface area contributed by atoms with E-state index in [1.807, 2.05) is 51.1 Å². The molecule has 252 valence electrons. The van der Waals surface area contributed by atoms with Gasteiger partial charge in [-0.1, -0.05) is 42.5 Å². The number of aromatic amines is 1. The molecule has 4 aromatic rings. The molecule has 2 aliphatic rings. The molecule has 3 heterocycles. The van der Waals surface area contributed by atoms with Crippen LogP contribution in [0.4, 0.5) is 14.9 Å². The molecule has 10 nitrogen and oxygen atoms in total. The van der Waals surface area contributed by atoms with Gasteiger partial charge in [0.2, 0.25) is 0 Å². The van der Waals surface area contributed by atoms with Crippen LogP contribution >= 0.6 is 0 Å². The number of nitrogen functional groups attached to an aromatic ring is 1. The summed E-state index contributed by atoms with van der Waals surface area (Å²) in [7, 11) is 0. The van der Waals surface area contributed by atoms with Gasteiger partial charge in [0, 0.05) is 36.8 Å². The van der Waals surface area contributed by atoms with Gasteiger partial charge in [0.05, 0.1) is 24.0 Å². The van der Waals surface area contributed by atoms with Gasteiger partial charge >= 0.3 is 12.1 Å². The lowest BCUT2D eigenvalue weighted by atomic mass is 9.81. The van der Waals surface area contributed by atoms with Gasteiger partial charge in [-0.25, -0.2) is 19.0 Å². The first-order valence-electron chi connectivity index (χ1n) is 16.5. The lowest BCUT2D eigenvalue weighted by molar-refractivity contribution is -0.176. The van der Waals surface area contributed by atoms with E-state index in [-0.39, 0.29) is 23.8 Å². The zero-order valence-electron chi connectivity index (χ0n) is 27.6. The molecule has 2 fully saturated rings. The van der Waals surface area contributed by atoms with Crippen LogP contribution in [0.1, 0.15) is 73.7 Å². The number of hydrogen-bond donors (Lipinski definition) is 3. The molecule has 3 unspecified atom stereocenters. The molecule has 1 amide bonds. The molecule has 1 aromatic heterocycles. The van der Waals surface area contributed by atoms with Crippen LogP contribution in [0.2, 0.25) is 0 Å². The fourth-order valence-electron chi connectivity index (χ4n) is 6.65. The van der Waals surface area contributed by atoms with Crippen molar-refractivity contribution in [2.75, 3.05) is 25.4 Å². The predicted octanol–water partition coefficient (Wildman–Crippen LogP) is 6.46. The quantitative estimate of drug-likeness (QED) is 0.194. The van der Waals surface area contributed by atoms with Crippen LogP contribution in [0.15, 0.2) is 85.1 Å². The number of carbonyl (C=O) groups is 2. The minimum Gasteiger partial charge on any atom is -0.444 e. The number of hydrogen-bond acceptors (Lipinski definition) is 8. The zero-order valence-corrected chi connectivity index (χ0v) is 27.6. The fraction of sp³-hybridized carbons (Fsp3) is 0.378. The van der Waals surface area contributed by atoms with Crippen molar-refractivity contribution in [2.24, 2.45) is 0 Å². The fourth-order valence-corrected chi connectivity index (χ4v) is 6.65.